The molecule has 0 fully saturated rings. The van der Waals surface area contributed by atoms with Crippen molar-refractivity contribution >= 4 is 0 Å². The molecule has 1 aromatic carbocycles. The molecule has 0 saturated carbocycles. The van der Waals surface area contributed by atoms with Crippen LogP contribution in [0.5, 0.6) is 0 Å². The Morgan fingerprint density at radius 1 is 1.19 bits per heavy atom. The molecule has 1 rings (SSSR count). The van der Waals surface area contributed by atoms with E-state index in [4.69, 9.17) is 0 Å². The molecule has 0 aromatic heterocycles. The molecule has 90 valence electrons. The third-order valence-electron chi connectivity index (χ3n) is 3.34. The summed E-state index contributed by atoms with van der Waals surface area (Å²) in [4.78, 5) is 0. The fraction of sp³-hybridized carbons (Fsp3) is 0.600. The highest BCUT2D eigenvalue weighted by molar-refractivity contribution is 5.32. The normalized spacial score (nSPS) is 15.2. The van der Waals surface area contributed by atoms with Gasteiger partial charge in [-0.3, -0.25) is 0 Å². The Kier molecular flexibility index (Phi) is 4.15. The summed E-state index contributed by atoms with van der Waals surface area (Å²) in [6, 6.07) is 6.24. The van der Waals surface area contributed by atoms with Crippen LogP contribution in [-0.4, -0.2) is 5.11 Å². The maximum absolute atomic E-state index is 10.5. The minimum Gasteiger partial charge on any atom is -0.385 e. The van der Waals surface area contributed by atoms with Crippen LogP contribution in [0.4, 0.5) is 0 Å². The summed E-state index contributed by atoms with van der Waals surface area (Å²) in [5, 5.41) is 10.5. The van der Waals surface area contributed by atoms with E-state index >= 15 is 0 Å². The van der Waals surface area contributed by atoms with E-state index in [1.807, 2.05) is 13.0 Å². The first-order chi connectivity index (χ1) is 7.33. The average Bonchev–Trinajstić information content (AvgIpc) is 2.19. The van der Waals surface area contributed by atoms with Crippen molar-refractivity contribution in [1.82, 2.24) is 0 Å². The van der Waals surface area contributed by atoms with E-state index in [0.717, 1.165) is 18.4 Å². The zero-order valence-corrected chi connectivity index (χ0v) is 11.2. The molecule has 0 aliphatic carbocycles. The first kappa shape index (κ1) is 13.2. The molecule has 0 aliphatic rings. The smallest absolute Gasteiger partial charge is 0.0868 e. The van der Waals surface area contributed by atoms with Crippen molar-refractivity contribution in [2.24, 2.45) is 5.92 Å². The lowest BCUT2D eigenvalue weighted by Crippen LogP contribution is -2.22. The van der Waals surface area contributed by atoms with Crippen molar-refractivity contribution in [3.8, 4) is 0 Å². The number of aryl methyl sites for hydroxylation is 2. The molecule has 1 N–H and O–H groups in total. The second-order valence-corrected chi connectivity index (χ2v) is 5.51. The predicted octanol–water partition coefficient (Wildman–Crippen LogP) is 3.95. The highest BCUT2D eigenvalue weighted by Crippen LogP contribution is 2.28. The molecule has 0 saturated heterocycles. The van der Waals surface area contributed by atoms with Gasteiger partial charge in [0.25, 0.3) is 0 Å². The van der Waals surface area contributed by atoms with Gasteiger partial charge in [0.1, 0.15) is 0 Å². The number of hydrogen-bond acceptors (Lipinski definition) is 1. The van der Waals surface area contributed by atoms with Crippen LogP contribution in [-0.2, 0) is 5.60 Å². The number of hydrogen-bond donors (Lipinski definition) is 1. The minimum atomic E-state index is -0.692. The first-order valence-electron chi connectivity index (χ1n) is 6.13. The van der Waals surface area contributed by atoms with E-state index in [0.29, 0.717) is 5.92 Å². The molecular weight excluding hydrogens is 196 g/mol. The van der Waals surface area contributed by atoms with Crippen molar-refractivity contribution in [2.45, 2.75) is 53.1 Å². The highest BCUT2D eigenvalue weighted by atomic mass is 16.3. The Bertz CT molecular complexity index is 350. The van der Waals surface area contributed by atoms with E-state index in [9.17, 15) is 5.11 Å². The molecule has 0 bridgehead atoms. The zero-order chi connectivity index (χ0) is 12.3. The van der Waals surface area contributed by atoms with Crippen molar-refractivity contribution in [1.29, 1.82) is 0 Å². The lowest BCUT2D eigenvalue weighted by atomic mass is 9.87. The molecule has 1 nitrogen and oxygen atoms in total. The summed E-state index contributed by atoms with van der Waals surface area (Å²) in [5.41, 5.74) is 2.88. The molecule has 0 heterocycles. The van der Waals surface area contributed by atoms with Gasteiger partial charge in [-0.2, -0.15) is 0 Å². The van der Waals surface area contributed by atoms with E-state index < -0.39 is 5.60 Å². The number of aliphatic hydroxyl groups is 1. The summed E-state index contributed by atoms with van der Waals surface area (Å²) in [6.45, 7) is 10.5. The Morgan fingerprint density at radius 2 is 1.81 bits per heavy atom. The van der Waals surface area contributed by atoms with E-state index in [2.05, 4.69) is 39.8 Å². The van der Waals surface area contributed by atoms with Gasteiger partial charge in [0, 0.05) is 0 Å². The highest BCUT2D eigenvalue weighted by Gasteiger charge is 2.23. The third-order valence-corrected chi connectivity index (χ3v) is 3.34. The maximum Gasteiger partial charge on any atom is 0.0868 e. The van der Waals surface area contributed by atoms with Gasteiger partial charge < -0.3 is 5.11 Å². The fourth-order valence-corrected chi connectivity index (χ4v) is 1.79. The average molecular weight is 220 g/mol. The topological polar surface area (TPSA) is 20.2 Å². The van der Waals surface area contributed by atoms with Crippen molar-refractivity contribution in [3.63, 3.8) is 0 Å². The van der Waals surface area contributed by atoms with Crippen LogP contribution in [0, 0.1) is 19.8 Å². The van der Waals surface area contributed by atoms with Crippen LogP contribution in [0.25, 0.3) is 0 Å². The van der Waals surface area contributed by atoms with Crippen LogP contribution in [0.2, 0.25) is 0 Å². The summed E-state index contributed by atoms with van der Waals surface area (Å²) in [6.07, 6.45) is 1.88. The van der Waals surface area contributed by atoms with Gasteiger partial charge in [-0.15, -0.1) is 0 Å². The zero-order valence-electron chi connectivity index (χ0n) is 11.2. The van der Waals surface area contributed by atoms with Gasteiger partial charge in [-0.25, -0.2) is 0 Å². The Balaban J connectivity index is 2.84. The molecule has 0 radical (unpaired) electrons. The van der Waals surface area contributed by atoms with Crippen molar-refractivity contribution in [2.75, 3.05) is 0 Å². The van der Waals surface area contributed by atoms with Gasteiger partial charge in [0.2, 0.25) is 0 Å². The monoisotopic (exact) mass is 220 g/mol. The molecule has 1 heteroatoms. The number of benzene rings is 1. The Labute approximate surface area is 99.5 Å². The number of rotatable bonds is 4. The standard InChI is InChI=1S/C15H24O/c1-11(2)8-9-15(5,16)14-7-6-12(3)13(4)10-14/h6-7,10-11,16H,8-9H2,1-5H3. The Morgan fingerprint density at radius 3 is 2.31 bits per heavy atom. The van der Waals surface area contributed by atoms with Gasteiger partial charge in [-0.1, -0.05) is 32.0 Å². The summed E-state index contributed by atoms with van der Waals surface area (Å²) < 4.78 is 0. The van der Waals surface area contributed by atoms with E-state index in [-0.39, 0.29) is 0 Å². The second kappa shape index (κ2) is 5.01. The largest absolute Gasteiger partial charge is 0.385 e. The molecule has 16 heavy (non-hydrogen) atoms. The molecule has 0 aliphatic heterocycles. The fourth-order valence-electron chi connectivity index (χ4n) is 1.79. The van der Waals surface area contributed by atoms with Gasteiger partial charge in [0.05, 0.1) is 5.60 Å². The van der Waals surface area contributed by atoms with Crippen molar-refractivity contribution < 1.29 is 5.11 Å². The molecule has 1 aromatic rings. The SMILES string of the molecule is Cc1ccc(C(C)(O)CCC(C)C)cc1C. The van der Waals surface area contributed by atoms with Gasteiger partial charge in [-0.05, 0) is 56.2 Å². The Hall–Kier alpha value is -0.820. The van der Waals surface area contributed by atoms with Gasteiger partial charge in [0.15, 0.2) is 0 Å². The molecule has 1 atom stereocenters. The van der Waals surface area contributed by atoms with E-state index in [1.54, 1.807) is 0 Å². The third kappa shape index (κ3) is 3.34. The van der Waals surface area contributed by atoms with Crippen LogP contribution >= 0.6 is 0 Å². The van der Waals surface area contributed by atoms with Crippen LogP contribution < -0.4 is 0 Å². The van der Waals surface area contributed by atoms with Crippen LogP contribution in [0.3, 0.4) is 0 Å². The van der Waals surface area contributed by atoms with Gasteiger partial charge >= 0.3 is 0 Å². The van der Waals surface area contributed by atoms with Crippen LogP contribution in [0.15, 0.2) is 18.2 Å². The molecule has 1 unspecified atom stereocenters. The minimum absolute atomic E-state index is 0.637. The van der Waals surface area contributed by atoms with Crippen molar-refractivity contribution in [3.05, 3.63) is 34.9 Å². The second-order valence-electron chi connectivity index (χ2n) is 5.51. The van der Waals surface area contributed by atoms with Crippen LogP contribution in [0.1, 0.15) is 50.3 Å². The lowest BCUT2D eigenvalue weighted by Gasteiger charge is -2.25. The lowest BCUT2D eigenvalue weighted by molar-refractivity contribution is 0.0420. The maximum atomic E-state index is 10.5. The van der Waals surface area contributed by atoms with E-state index in [1.165, 1.54) is 11.1 Å². The summed E-state index contributed by atoms with van der Waals surface area (Å²) in [7, 11) is 0. The predicted molar refractivity (Wildman–Crippen MR) is 69.6 cm³/mol. The molecule has 0 spiro atoms. The molecular formula is C15H24O. The molecule has 0 amide bonds. The quantitative estimate of drug-likeness (QED) is 0.814. The first-order valence-corrected chi connectivity index (χ1v) is 6.13. The summed E-state index contributed by atoms with van der Waals surface area (Å²) in [5.74, 6) is 0.637. The summed E-state index contributed by atoms with van der Waals surface area (Å²) >= 11 is 0.